The molecule has 0 radical (unpaired) electrons. The van der Waals surface area contributed by atoms with Crippen molar-refractivity contribution in [1.82, 2.24) is 15.1 Å². The fourth-order valence-corrected chi connectivity index (χ4v) is 1.25. The third-order valence-corrected chi connectivity index (χ3v) is 2.07. The second-order valence-electron chi connectivity index (χ2n) is 3.75. The molecule has 1 atom stereocenters. The normalized spacial score (nSPS) is 12.5. The van der Waals surface area contributed by atoms with E-state index in [-0.39, 0.29) is 11.9 Å². The van der Waals surface area contributed by atoms with E-state index >= 15 is 0 Å². The zero-order valence-corrected chi connectivity index (χ0v) is 9.23. The number of carbonyl (C=O) groups excluding carboxylic acids is 1. The monoisotopic (exact) mass is 210 g/mol. The van der Waals surface area contributed by atoms with Crippen LogP contribution in [0.5, 0.6) is 0 Å². The zero-order chi connectivity index (χ0) is 11.3. The Morgan fingerprint density at radius 2 is 2.47 bits per heavy atom. The highest BCUT2D eigenvalue weighted by Gasteiger charge is 2.07. The van der Waals surface area contributed by atoms with Crippen LogP contribution in [0.15, 0.2) is 12.3 Å². The van der Waals surface area contributed by atoms with Crippen molar-refractivity contribution in [3.63, 3.8) is 0 Å². The Morgan fingerprint density at radius 3 is 3.00 bits per heavy atom. The first-order valence-electron chi connectivity index (χ1n) is 5.13. The van der Waals surface area contributed by atoms with Gasteiger partial charge in [-0.3, -0.25) is 9.48 Å². The number of hydrogen-bond donors (Lipinski definition) is 2. The summed E-state index contributed by atoms with van der Waals surface area (Å²) in [6.45, 7) is 2.61. The highest BCUT2D eigenvalue weighted by Crippen LogP contribution is 1.95. The summed E-state index contributed by atoms with van der Waals surface area (Å²) in [6, 6.07) is 1.89. The van der Waals surface area contributed by atoms with Gasteiger partial charge in [0, 0.05) is 25.8 Å². The van der Waals surface area contributed by atoms with Crippen LogP contribution >= 0.6 is 0 Å². The number of nitrogens with two attached hydrogens (primary N) is 1. The molecule has 0 bridgehead atoms. The molecule has 0 aliphatic heterocycles. The van der Waals surface area contributed by atoms with Gasteiger partial charge in [-0.2, -0.15) is 5.10 Å². The van der Waals surface area contributed by atoms with E-state index in [4.69, 9.17) is 5.73 Å². The number of aromatic nitrogens is 2. The minimum atomic E-state index is -0.125. The van der Waals surface area contributed by atoms with Crippen LogP contribution in [0, 0.1) is 0 Å². The van der Waals surface area contributed by atoms with Gasteiger partial charge in [-0.25, -0.2) is 0 Å². The van der Waals surface area contributed by atoms with Gasteiger partial charge in [-0.15, -0.1) is 0 Å². The smallest absolute Gasteiger partial charge is 0.271 e. The minimum absolute atomic E-state index is 0.125. The highest BCUT2D eigenvalue weighted by atomic mass is 16.1. The fraction of sp³-hybridized carbons (Fsp3) is 0.600. The molecule has 1 unspecified atom stereocenters. The predicted octanol–water partition coefficient (Wildman–Crippen LogP) is 0.277. The van der Waals surface area contributed by atoms with E-state index in [1.54, 1.807) is 24.0 Å². The van der Waals surface area contributed by atoms with Crippen LogP contribution in [-0.2, 0) is 7.05 Å². The number of amides is 1. The van der Waals surface area contributed by atoms with Crippen molar-refractivity contribution in [2.24, 2.45) is 12.8 Å². The van der Waals surface area contributed by atoms with Crippen LogP contribution in [0.3, 0.4) is 0 Å². The van der Waals surface area contributed by atoms with Crippen molar-refractivity contribution < 1.29 is 4.79 Å². The fourth-order valence-electron chi connectivity index (χ4n) is 1.25. The summed E-state index contributed by atoms with van der Waals surface area (Å²) in [6.07, 6.45) is 3.57. The van der Waals surface area contributed by atoms with E-state index in [1.165, 1.54) is 0 Å². The lowest BCUT2D eigenvalue weighted by atomic mass is 10.2. The lowest BCUT2D eigenvalue weighted by Gasteiger charge is -2.05. The highest BCUT2D eigenvalue weighted by molar-refractivity contribution is 5.92. The SMILES string of the molecule is CC(N)CCCNC(=O)c1ccn(C)n1. The lowest BCUT2D eigenvalue weighted by Crippen LogP contribution is -2.26. The first kappa shape index (κ1) is 11.7. The van der Waals surface area contributed by atoms with E-state index in [0.29, 0.717) is 12.2 Å². The molecule has 0 saturated carbocycles. The van der Waals surface area contributed by atoms with Gasteiger partial charge in [0.05, 0.1) is 0 Å². The first-order chi connectivity index (χ1) is 7.09. The number of carbonyl (C=O) groups is 1. The van der Waals surface area contributed by atoms with Crippen LogP contribution in [0.1, 0.15) is 30.3 Å². The zero-order valence-electron chi connectivity index (χ0n) is 9.23. The summed E-state index contributed by atoms with van der Waals surface area (Å²) in [5.41, 5.74) is 6.05. The number of hydrogen-bond acceptors (Lipinski definition) is 3. The van der Waals surface area contributed by atoms with Crippen molar-refractivity contribution in [1.29, 1.82) is 0 Å². The number of aryl methyl sites for hydroxylation is 1. The molecule has 1 amide bonds. The van der Waals surface area contributed by atoms with Crippen molar-refractivity contribution in [2.45, 2.75) is 25.8 Å². The van der Waals surface area contributed by atoms with Gasteiger partial charge < -0.3 is 11.1 Å². The summed E-state index contributed by atoms with van der Waals surface area (Å²) in [4.78, 5) is 11.5. The van der Waals surface area contributed by atoms with Gasteiger partial charge in [0.2, 0.25) is 0 Å². The molecule has 1 aromatic rings. The summed E-state index contributed by atoms with van der Waals surface area (Å²) >= 11 is 0. The average molecular weight is 210 g/mol. The molecule has 0 spiro atoms. The second-order valence-corrected chi connectivity index (χ2v) is 3.75. The number of nitrogens with one attached hydrogen (secondary N) is 1. The Labute approximate surface area is 89.6 Å². The van der Waals surface area contributed by atoms with Crippen LogP contribution in [0.4, 0.5) is 0 Å². The summed E-state index contributed by atoms with van der Waals surface area (Å²) in [5, 5.41) is 6.80. The molecule has 0 fully saturated rings. The molecule has 3 N–H and O–H groups in total. The molecule has 1 aromatic heterocycles. The van der Waals surface area contributed by atoms with Crippen molar-refractivity contribution in [2.75, 3.05) is 6.54 Å². The quantitative estimate of drug-likeness (QED) is 0.685. The Hall–Kier alpha value is -1.36. The van der Waals surface area contributed by atoms with Crippen molar-refractivity contribution >= 4 is 5.91 Å². The minimum Gasteiger partial charge on any atom is -0.351 e. The molecule has 15 heavy (non-hydrogen) atoms. The van der Waals surface area contributed by atoms with Gasteiger partial charge in [-0.1, -0.05) is 0 Å². The lowest BCUT2D eigenvalue weighted by molar-refractivity contribution is 0.0947. The maximum Gasteiger partial charge on any atom is 0.271 e. The number of rotatable bonds is 5. The molecule has 0 aliphatic carbocycles. The van der Waals surface area contributed by atoms with Gasteiger partial charge in [-0.05, 0) is 25.8 Å². The Bertz CT molecular complexity index is 319. The van der Waals surface area contributed by atoms with Crippen molar-refractivity contribution in [3.05, 3.63) is 18.0 Å². The predicted molar refractivity (Wildman–Crippen MR) is 58.4 cm³/mol. The molecule has 0 aromatic carbocycles. The molecule has 1 rings (SSSR count). The van der Waals surface area contributed by atoms with E-state index in [9.17, 15) is 4.79 Å². The van der Waals surface area contributed by atoms with Crippen LogP contribution in [0.25, 0.3) is 0 Å². The van der Waals surface area contributed by atoms with E-state index in [2.05, 4.69) is 10.4 Å². The second kappa shape index (κ2) is 5.50. The third-order valence-electron chi connectivity index (χ3n) is 2.07. The maximum atomic E-state index is 11.5. The van der Waals surface area contributed by atoms with Crippen LogP contribution < -0.4 is 11.1 Å². The van der Waals surface area contributed by atoms with Gasteiger partial charge in [0.15, 0.2) is 0 Å². The molecule has 0 saturated heterocycles. The summed E-state index contributed by atoms with van der Waals surface area (Å²) < 4.78 is 1.61. The molecule has 1 heterocycles. The Kier molecular flexibility index (Phi) is 4.30. The Morgan fingerprint density at radius 1 is 1.73 bits per heavy atom. The van der Waals surface area contributed by atoms with E-state index in [0.717, 1.165) is 12.8 Å². The summed E-state index contributed by atoms with van der Waals surface area (Å²) in [5.74, 6) is -0.125. The molecular formula is C10H18N4O. The Balaban J connectivity index is 2.25. The van der Waals surface area contributed by atoms with E-state index in [1.807, 2.05) is 6.92 Å². The summed E-state index contributed by atoms with van der Waals surface area (Å²) in [7, 11) is 1.78. The molecule has 5 nitrogen and oxygen atoms in total. The maximum absolute atomic E-state index is 11.5. The van der Waals surface area contributed by atoms with Crippen LogP contribution in [-0.4, -0.2) is 28.3 Å². The molecule has 5 heteroatoms. The average Bonchev–Trinajstić information content (AvgIpc) is 2.59. The first-order valence-corrected chi connectivity index (χ1v) is 5.13. The van der Waals surface area contributed by atoms with Crippen molar-refractivity contribution in [3.8, 4) is 0 Å². The van der Waals surface area contributed by atoms with Gasteiger partial charge in [0.25, 0.3) is 5.91 Å². The van der Waals surface area contributed by atoms with Gasteiger partial charge >= 0.3 is 0 Å². The van der Waals surface area contributed by atoms with Gasteiger partial charge in [0.1, 0.15) is 5.69 Å². The molecular weight excluding hydrogens is 192 g/mol. The van der Waals surface area contributed by atoms with Crippen LogP contribution in [0.2, 0.25) is 0 Å². The molecule has 0 aliphatic rings. The topological polar surface area (TPSA) is 72.9 Å². The largest absolute Gasteiger partial charge is 0.351 e. The van der Waals surface area contributed by atoms with E-state index < -0.39 is 0 Å². The number of nitrogens with zero attached hydrogens (tertiary/aromatic N) is 2. The standard InChI is InChI=1S/C10H18N4O/c1-8(11)4-3-6-12-10(15)9-5-7-14(2)13-9/h5,7-8H,3-4,6,11H2,1-2H3,(H,12,15). The molecule has 84 valence electrons. The third kappa shape index (κ3) is 4.12.